The maximum absolute atomic E-state index is 12.8. The van der Waals surface area contributed by atoms with Crippen LogP contribution in [0.5, 0.6) is 0 Å². The normalized spacial score (nSPS) is 11.4. The molecular weight excluding hydrogens is 420 g/mol. The van der Waals surface area contributed by atoms with E-state index >= 15 is 0 Å². The lowest BCUT2D eigenvalue weighted by Crippen LogP contribution is -2.26. The maximum atomic E-state index is 12.8. The van der Waals surface area contributed by atoms with Gasteiger partial charge in [-0.1, -0.05) is 61.8 Å². The van der Waals surface area contributed by atoms with Crippen molar-refractivity contribution in [1.82, 2.24) is 0 Å². The molecule has 0 aliphatic carbocycles. The number of benzene rings is 3. The first kappa shape index (κ1) is 21.9. The number of anilines is 2. The third-order valence-electron chi connectivity index (χ3n) is 4.79. The molecule has 0 radical (unpaired) electrons. The van der Waals surface area contributed by atoms with E-state index < -0.39 is 10.0 Å². The first-order valence-corrected chi connectivity index (χ1v) is 11.3. The number of para-hydroxylation sites is 1. The van der Waals surface area contributed by atoms with Gasteiger partial charge in [0.1, 0.15) is 0 Å². The standard InChI is InChI=1S/C23H23ClN2O3S/c1-16(2)19-11-7-8-12-22(19)25-23(27)20-14-13-17(15-21(20)24)26(3)30(28,29)18-9-5-4-6-10-18/h4-16H,1-3H3,(H,25,27). The smallest absolute Gasteiger partial charge is 0.264 e. The molecule has 0 fully saturated rings. The summed E-state index contributed by atoms with van der Waals surface area (Å²) < 4.78 is 26.8. The van der Waals surface area contributed by atoms with E-state index in [1.54, 1.807) is 24.3 Å². The second kappa shape index (κ2) is 8.90. The number of rotatable bonds is 6. The van der Waals surface area contributed by atoms with Gasteiger partial charge in [-0.05, 0) is 47.9 Å². The molecule has 0 heterocycles. The molecule has 7 heteroatoms. The fraction of sp³-hybridized carbons (Fsp3) is 0.174. The Bertz CT molecular complexity index is 1160. The Kier molecular flexibility index (Phi) is 6.48. The molecule has 1 N–H and O–H groups in total. The van der Waals surface area contributed by atoms with Gasteiger partial charge in [0.25, 0.3) is 15.9 Å². The van der Waals surface area contributed by atoms with Crippen LogP contribution >= 0.6 is 11.6 Å². The van der Waals surface area contributed by atoms with Gasteiger partial charge in [-0.25, -0.2) is 8.42 Å². The highest BCUT2D eigenvalue weighted by molar-refractivity contribution is 7.92. The minimum absolute atomic E-state index is 0.169. The summed E-state index contributed by atoms with van der Waals surface area (Å²) >= 11 is 6.35. The molecule has 0 aliphatic rings. The molecule has 0 saturated carbocycles. The van der Waals surface area contributed by atoms with Gasteiger partial charge in [-0.2, -0.15) is 0 Å². The van der Waals surface area contributed by atoms with E-state index in [0.717, 1.165) is 15.6 Å². The molecule has 3 aromatic rings. The van der Waals surface area contributed by atoms with Crippen LogP contribution in [0.3, 0.4) is 0 Å². The van der Waals surface area contributed by atoms with Crippen molar-refractivity contribution in [1.29, 1.82) is 0 Å². The molecule has 0 aliphatic heterocycles. The molecule has 0 bridgehead atoms. The second-order valence-corrected chi connectivity index (χ2v) is 9.52. The molecule has 30 heavy (non-hydrogen) atoms. The number of carbonyl (C=O) groups is 1. The Morgan fingerprint density at radius 1 is 0.967 bits per heavy atom. The van der Waals surface area contributed by atoms with E-state index in [1.165, 1.54) is 31.3 Å². The average Bonchev–Trinajstić information content (AvgIpc) is 2.73. The molecule has 156 valence electrons. The average molecular weight is 443 g/mol. The monoisotopic (exact) mass is 442 g/mol. The molecule has 3 rings (SSSR count). The predicted molar refractivity (Wildman–Crippen MR) is 122 cm³/mol. The molecule has 0 spiro atoms. The minimum atomic E-state index is -3.73. The minimum Gasteiger partial charge on any atom is -0.322 e. The van der Waals surface area contributed by atoms with Crippen molar-refractivity contribution >= 4 is 38.9 Å². The summed E-state index contributed by atoms with van der Waals surface area (Å²) in [6.45, 7) is 4.10. The Morgan fingerprint density at radius 2 is 1.60 bits per heavy atom. The summed E-state index contributed by atoms with van der Waals surface area (Å²) in [6, 6.07) is 20.3. The van der Waals surface area contributed by atoms with Crippen LogP contribution in [0.25, 0.3) is 0 Å². The number of nitrogens with zero attached hydrogens (tertiary/aromatic N) is 1. The highest BCUT2D eigenvalue weighted by Crippen LogP contribution is 2.29. The van der Waals surface area contributed by atoms with Crippen molar-refractivity contribution in [2.45, 2.75) is 24.7 Å². The summed E-state index contributed by atoms with van der Waals surface area (Å²) in [5, 5.41) is 3.07. The quantitative estimate of drug-likeness (QED) is 0.544. The fourth-order valence-corrected chi connectivity index (χ4v) is 4.55. The molecule has 5 nitrogen and oxygen atoms in total. The molecule has 0 aromatic heterocycles. The lowest BCUT2D eigenvalue weighted by atomic mass is 10.0. The molecule has 1 amide bonds. The molecule has 0 atom stereocenters. The van der Waals surface area contributed by atoms with Gasteiger partial charge in [0.05, 0.1) is 21.2 Å². The zero-order chi connectivity index (χ0) is 21.9. The van der Waals surface area contributed by atoms with Crippen LogP contribution < -0.4 is 9.62 Å². The third-order valence-corrected chi connectivity index (χ3v) is 6.91. The van der Waals surface area contributed by atoms with Crippen LogP contribution in [0, 0.1) is 0 Å². The van der Waals surface area contributed by atoms with E-state index in [1.807, 2.05) is 24.3 Å². The van der Waals surface area contributed by atoms with Crippen molar-refractivity contribution in [2.24, 2.45) is 0 Å². The van der Waals surface area contributed by atoms with Gasteiger partial charge in [0.2, 0.25) is 0 Å². The Morgan fingerprint density at radius 3 is 2.23 bits per heavy atom. The number of sulfonamides is 1. The first-order valence-electron chi connectivity index (χ1n) is 9.45. The molecular formula is C23H23ClN2O3S. The Labute approximate surface area is 182 Å². The lowest BCUT2D eigenvalue weighted by molar-refractivity contribution is 0.102. The number of nitrogens with one attached hydrogen (secondary N) is 1. The molecule has 0 saturated heterocycles. The number of halogens is 1. The first-order chi connectivity index (χ1) is 14.2. The summed E-state index contributed by atoms with van der Waals surface area (Å²) in [4.78, 5) is 13.0. The van der Waals surface area contributed by atoms with Crippen molar-refractivity contribution in [3.8, 4) is 0 Å². The molecule has 0 unspecified atom stereocenters. The third kappa shape index (κ3) is 4.50. The largest absolute Gasteiger partial charge is 0.322 e. The van der Waals surface area contributed by atoms with Gasteiger partial charge >= 0.3 is 0 Å². The predicted octanol–water partition coefficient (Wildman–Crippen LogP) is 5.54. The van der Waals surface area contributed by atoms with Crippen molar-refractivity contribution < 1.29 is 13.2 Å². The van der Waals surface area contributed by atoms with Crippen molar-refractivity contribution in [3.05, 3.63) is 88.9 Å². The molecule has 3 aromatic carbocycles. The fourth-order valence-electron chi connectivity index (χ4n) is 3.08. The summed E-state index contributed by atoms with van der Waals surface area (Å²) in [5.74, 6) is -0.107. The van der Waals surface area contributed by atoms with Gasteiger partial charge < -0.3 is 5.32 Å². The van der Waals surface area contributed by atoms with Gasteiger partial charge in [0.15, 0.2) is 0 Å². The van der Waals surface area contributed by atoms with E-state index in [0.29, 0.717) is 5.69 Å². The highest BCUT2D eigenvalue weighted by Gasteiger charge is 2.22. The van der Waals surface area contributed by atoms with Gasteiger partial charge in [0, 0.05) is 12.7 Å². The number of hydrogen-bond acceptors (Lipinski definition) is 3. The SMILES string of the molecule is CC(C)c1ccccc1NC(=O)c1ccc(N(C)S(=O)(=O)c2ccccc2)cc1Cl. The number of amides is 1. The summed E-state index contributed by atoms with van der Waals surface area (Å²) in [6.07, 6.45) is 0. The van der Waals surface area contributed by atoms with Crippen LogP contribution in [-0.4, -0.2) is 21.4 Å². The maximum Gasteiger partial charge on any atom is 0.264 e. The highest BCUT2D eigenvalue weighted by atomic mass is 35.5. The summed E-state index contributed by atoms with van der Waals surface area (Å²) in [5.41, 5.74) is 2.38. The van der Waals surface area contributed by atoms with Crippen molar-refractivity contribution in [3.63, 3.8) is 0 Å². The number of carbonyl (C=O) groups excluding carboxylic acids is 1. The number of hydrogen-bond donors (Lipinski definition) is 1. The van der Waals surface area contributed by atoms with E-state index in [2.05, 4.69) is 19.2 Å². The second-order valence-electron chi connectivity index (χ2n) is 7.15. The van der Waals surface area contributed by atoms with Crippen LogP contribution in [-0.2, 0) is 10.0 Å². The zero-order valence-corrected chi connectivity index (χ0v) is 18.5. The van der Waals surface area contributed by atoms with E-state index in [9.17, 15) is 13.2 Å². The Balaban J connectivity index is 1.86. The van der Waals surface area contributed by atoms with Crippen LogP contribution in [0.4, 0.5) is 11.4 Å². The summed E-state index contributed by atoms with van der Waals surface area (Å²) in [7, 11) is -2.28. The Hall–Kier alpha value is -2.83. The van der Waals surface area contributed by atoms with E-state index in [4.69, 9.17) is 11.6 Å². The topological polar surface area (TPSA) is 66.5 Å². The van der Waals surface area contributed by atoms with Gasteiger partial charge in [-0.3, -0.25) is 9.10 Å². The lowest BCUT2D eigenvalue weighted by Gasteiger charge is -2.20. The zero-order valence-electron chi connectivity index (χ0n) is 17.0. The van der Waals surface area contributed by atoms with Crippen LogP contribution in [0.15, 0.2) is 77.7 Å². The van der Waals surface area contributed by atoms with Crippen molar-refractivity contribution in [2.75, 3.05) is 16.7 Å². The van der Waals surface area contributed by atoms with E-state index in [-0.39, 0.29) is 27.3 Å². The van der Waals surface area contributed by atoms with Crippen LogP contribution in [0.1, 0.15) is 35.7 Å². The van der Waals surface area contributed by atoms with Crippen LogP contribution in [0.2, 0.25) is 5.02 Å². The van der Waals surface area contributed by atoms with Gasteiger partial charge in [-0.15, -0.1) is 0 Å².